The number of halogens is 5. The number of nitrogen functional groups attached to an aromatic ring is 1. The highest BCUT2D eigenvalue weighted by atomic mass is 79.9. The van der Waals surface area contributed by atoms with Gasteiger partial charge in [-0.1, -0.05) is 0 Å². The number of carbonyl (C=O) groups excluding carboxylic acids is 1. The highest BCUT2D eigenvalue weighted by molar-refractivity contribution is 9.10. The van der Waals surface area contributed by atoms with Gasteiger partial charge in [0.2, 0.25) is 0 Å². The summed E-state index contributed by atoms with van der Waals surface area (Å²) in [4.78, 5) is 12.0. The lowest BCUT2D eigenvalue weighted by atomic mass is 10.1. The SMILES string of the molecule is Nc1cc(C(F)(F)F)ccc1NC(=O)c1ccc(F)cc1Br. The molecule has 0 aromatic heterocycles. The number of alkyl halides is 3. The van der Waals surface area contributed by atoms with Crippen molar-refractivity contribution in [3.8, 4) is 0 Å². The van der Waals surface area contributed by atoms with Crippen LogP contribution >= 0.6 is 15.9 Å². The Hall–Kier alpha value is -2.09. The second-order valence-electron chi connectivity index (χ2n) is 4.38. The van der Waals surface area contributed by atoms with Crippen LogP contribution < -0.4 is 11.1 Å². The first kappa shape index (κ1) is 16.3. The molecule has 116 valence electrons. The maximum atomic E-state index is 13.0. The van der Waals surface area contributed by atoms with E-state index >= 15 is 0 Å². The summed E-state index contributed by atoms with van der Waals surface area (Å²) in [6.45, 7) is 0. The summed E-state index contributed by atoms with van der Waals surface area (Å²) in [5.41, 5.74) is 4.55. The van der Waals surface area contributed by atoms with Crippen molar-refractivity contribution in [2.45, 2.75) is 6.18 Å². The molecule has 0 aliphatic carbocycles. The van der Waals surface area contributed by atoms with Crippen LogP contribution in [0.25, 0.3) is 0 Å². The van der Waals surface area contributed by atoms with Gasteiger partial charge >= 0.3 is 6.18 Å². The van der Waals surface area contributed by atoms with Gasteiger partial charge in [0.05, 0.1) is 22.5 Å². The Morgan fingerprint density at radius 1 is 1.14 bits per heavy atom. The highest BCUT2D eigenvalue weighted by Crippen LogP contribution is 2.33. The number of carbonyl (C=O) groups is 1. The van der Waals surface area contributed by atoms with Crippen molar-refractivity contribution in [3.63, 3.8) is 0 Å². The minimum atomic E-state index is -4.52. The third-order valence-electron chi connectivity index (χ3n) is 2.80. The zero-order valence-corrected chi connectivity index (χ0v) is 12.4. The van der Waals surface area contributed by atoms with Gasteiger partial charge in [0.25, 0.3) is 5.91 Å². The molecule has 0 saturated heterocycles. The van der Waals surface area contributed by atoms with E-state index in [4.69, 9.17) is 5.73 Å². The molecule has 3 N–H and O–H groups in total. The third-order valence-corrected chi connectivity index (χ3v) is 3.46. The Morgan fingerprint density at radius 2 is 1.82 bits per heavy atom. The topological polar surface area (TPSA) is 55.1 Å². The van der Waals surface area contributed by atoms with Gasteiger partial charge in [-0.3, -0.25) is 4.79 Å². The molecule has 2 aromatic carbocycles. The molecule has 3 nitrogen and oxygen atoms in total. The maximum Gasteiger partial charge on any atom is 0.416 e. The van der Waals surface area contributed by atoms with E-state index in [2.05, 4.69) is 21.2 Å². The van der Waals surface area contributed by atoms with E-state index in [1.54, 1.807) is 0 Å². The lowest BCUT2D eigenvalue weighted by molar-refractivity contribution is -0.137. The molecular formula is C14H9BrF4N2O. The van der Waals surface area contributed by atoms with E-state index in [0.717, 1.165) is 30.3 Å². The van der Waals surface area contributed by atoms with Gasteiger partial charge in [-0.15, -0.1) is 0 Å². The number of hydrogen-bond donors (Lipinski definition) is 2. The second-order valence-corrected chi connectivity index (χ2v) is 5.23. The van der Waals surface area contributed by atoms with Crippen molar-refractivity contribution in [2.75, 3.05) is 11.1 Å². The Balaban J connectivity index is 2.25. The Morgan fingerprint density at radius 3 is 2.36 bits per heavy atom. The number of nitrogens with one attached hydrogen (secondary N) is 1. The summed E-state index contributed by atoms with van der Waals surface area (Å²) in [5, 5.41) is 2.38. The zero-order valence-electron chi connectivity index (χ0n) is 10.8. The standard InChI is InChI=1S/C14H9BrF4N2O/c15-10-6-8(16)2-3-9(10)13(22)21-12-4-1-7(5-11(12)20)14(17,18)19/h1-6H,20H2,(H,21,22). The number of hydrogen-bond acceptors (Lipinski definition) is 2. The third kappa shape index (κ3) is 3.56. The molecule has 0 heterocycles. The van der Waals surface area contributed by atoms with Crippen molar-refractivity contribution < 1.29 is 22.4 Å². The van der Waals surface area contributed by atoms with Crippen molar-refractivity contribution in [2.24, 2.45) is 0 Å². The van der Waals surface area contributed by atoms with Crippen LogP contribution in [-0.2, 0) is 6.18 Å². The van der Waals surface area contributed by atoms with E-state index < -0.39 is 23.5 Å². The molecule has 0 saturated carbocycles. The average Bonchev–Trinajstić information content (AvgIpc) is 2.39. The molecule has 0 spiro atoms. The smallest absolute Gasteiger partial charge is 0.397 e. The summed E-state index contributed by atoms with van der Waals surface area (Å²) in [5.74, 6) is -1.16. The van der Waals surface area contributed by atoms with Gasteiger partial charge < -0.3 is 11.1 Å². The molecule has 0 fully saturated rings. The molecule has 0 aliphatic heterocycles. The fraction of sp³-hybridized carbons (Fsp3) is 0.0714. The number of anilines is 2. The molecule has 22 heavy (non-hydrogen) atoms. The van der Waals surface area contributed by atoms with Crippen molar-refractivity contribution >= 4 is 33.2 Å². The van der Waals surface area contributed by atoms with Crippen LogP contribution in [0.1, 0.15) is 15.9 Å². The van der Waals surface area contributed by atoms with E-state index in [1.165, 1.54) is 6.07 Å². The van der Waals surface area contributed by atoms with Gasteiger partial charge in [-0.2, -0.15) is 13.2 Å². The molecule has 0 bridgehead atoms. The average molecular weight is 377 g/mol. The Kier molecular flexibility index (Phi) is 4.41. The summed E-state index contributed by atoms with van der Waals surface area (Å²) in [6, 6.07) is 6.05. The molecule has 8 heteroatoms. The summed E-state index contributed by atoms with van der Waals surface area (Å²) < 4.78 is 50.8. The Labute approximate surface area is 131 Å². The zero-order chi connectivity index (χ0) is 16.5. The van der Waals surface area contributed by atoms with Crippen molar-refractivity contribution in [3.05, 3.63) is 57.8 Å². The molecular weight excluding hydrogens is 368 g/mol. The van der Waals surface area contributed by atoms with Crippen LogP contribution in [0.5, 0.6) is 0 Å². The molecule has 0 atom stereocenters. The second kappa shape index (κ2) is 5.96. The van der Waals surface area contributed by atoms with Gasteiger partial charge in [0, 0.05) is 4.47 Å². The largest absolute Gasteiger partial charge is 0.416 e. The molecule has 0 aliphatic rings. The Bertz CT molecular complexity index is 731. The van der Waals surface area contributed by atoms with Crippen LogP contribution in [-0.4, -0.2) is 5.91 Å². The van der Waals surface area contributed by atoms with E-state index in [0.29, 0.717) is 0 Å². The molecule has 2 rings (SSSR count). The van der Waals surface area contributed by atoms with Crippen LogP contribution in [0.3, 0.4) is 0 Å². The molecule has 0 unspecified atom stereocenters. The predicted molar refractivity (Wildman–Crippen MR) is 77.9 cm³/mol. The van der Waals surface area contributed by atoms with Crippen LogP contribution in [0, 0.1) is 5.82 Å². The first-order valence-electron chi connectivity index (χ1n) is 5.91. The monoisotopic (exact) mass is 376 g/mol. The van der Waals surface area contributed by atoms with Gasteiger partial charge in [0.15, 0.2) is 0 Å². The van der Waals surface area contributed by atoms with Crippen molar-refractivity contribution in [1.29, 1.82) is 0 Å². The number of rotatable bonds is 2. The van der Waals surface area contributed by atoms with Gasteiger partial charge in [-0.25, -0.2) is 4.39 Å². The minimum absolute atomic E-state index is 0.0363. The van der Waals surface area contributed by atoms with Crippen LogP contribution in [0.4, 0.5) is 28.9 Å². The van der Waals surface area contributed by atoms with E-state index in [1.807, 2.05) is 0 Å². The fourth-order valence-corrected chi connectivity index (χ4v) is 2.25. The van der Waals surface area contributed by atoms with E-state index in [-0.39, 0.29) is 21.4 Å². The lowest BCUT2D eigenvalue weighted by Gasteiger charge is -2.12. The summed E-state index contributed by atoms with van der Waals surface area (Å²) in [6.07, 6.45) is -4.52. The molecule has 1 amide bonds. The summed E-state index contributed by atoms with van der Waals surface area (Å²) >= 11 is 3.04. The van der Waals surface area contributed by atoms with Gasteiger partial charge in [0.1, 0.15) is 5.82 Å². The normalized spacial score (nSPS) is 11.3. The van der Waals surface area contributed by atoms with E-state index in [9.17, 15) is 22.4 Å². The van der Waals surface area contributed by atoms with Crippen LogP contribution in [0.15, 0.2) is 40.9 Å². The van der Waals surface area contributed by atoms with Gasteiger partial charge in [-0.05, 0) is 52.3 Å². The number of benzene rings is 2. The number of nitrogens with two attached hydrogens (primary N) is 1. The van der Waals surface area contributed by atoms with Crippen molar-refractivity contribution in [1.82, 2.24) is 0 Å². The predicted octanol–water partition coefficient (Wildman–Crippen LogP) is 4.44. The fourth-order valence-electron chi connectivity index (χ4n) is 1.72. The number of amides is 1. The first-order valence-corrected chi connectivity index (χ1v) is 6.71. The maximum absolute atomic E-state index is 13.0. The quantitative estimate of drug-likeness (QED) is 0.601. The molecule has 2 aromatic rings. The minimum Gasteiger partial charge on any atom is -0.397 e. The summed E-state index contributed by atoms with van der Waals surface area (Å²) in [7, 11) is 0. The highest BCUT2D eigenvalue weighted by Gasteiger charge is 2.30. The first-order chi connectivity index (χ1) is 10.2. The molecule has 0 radical (unpaired) electrons. The lowest BCUT2D eigenvalue weighted by Crippen LogP contribution is -2.15. The van der Waals surface area contributed by atoms with Crippen LogP contribution in [0.2, 0.25) is 0 Å².